The fourth-order valence-corrected chi connectivity index (χ4v) is 3.91. The van der Waals surface area contributed by atoms with Gasteiger partial charge in [-0.1, -0.05) is 97.4 Å². The third kappa shape index (κ3) is 4.24. The second-order valence-electron chi connectivity index (χ2n) is 6.89. The van der Waals surface area contributed by atoms with Gasteiger partial charge < -0.3 is 9.67 Å². The van der Waals surface area contributed by atoms with Gasteiger partial charge >= 0.3 is 29.6 Å². The van der Waals surface area contributed by atoms with Gasteiger partial charge in [-0.25, -0.2) is 4.98 Å². The van der Waals surface area contributed by atoms with E-state index < -0.39 is 5.54 Å². The summed E-state index contributed by atoms with van der Waals surface area (Å²) >= 11 is 0. The maximum atomic E-state index is 10.9. The summed E-state index contributed by atoms with van der Waals surface area (Å²) in [5.74, 6) is 0. The van der Waals surface area contributed by atoms with Crippen molar-refractivity contribution in [1.82, 2.24) is 9.55 Å². The molecule has 0 aliphatic carbocycles. The number of benzene rings is 3. The van der Waals surface area contributed by atoms with Crippen molar-refractivity contribution in [3.63, 3.8) is 0 Å². The average molecular weight is 390 g/mol. The van der Waals surface area contributed by atoms with Crippen LogP contribution >= 0.6 is 0 Å². The minimum atomic E-state index is -0.535. The van der Waals surface area contributed by atoms with E-state index in [4.69, 9.17) is 0 Å². The summed E-state index contributed by atoms with van der Waals surface area (Å²) in [6, 6.07) is 31.6. The smallest absolute Gasteiger partial charge is 0.854 e. The summed E-state index contributed by atoms with van der Waals surface area (Å²) < 4.78 is 2.19. The van der Waals surface area contributed by atoms with Crippen LogP contribution in [0.2, 0.25) is 0 Å². The summed E-state index contributed by atoms with van der Waals surface area (Å²) in [5.41, 5.74) is 3.91. The molecule has 0 amide bonds. The predicted octanol–water partition coefficient (Wildman–Crippen LogP) is 1.02. The standard InChI is InChI=1S/C25H23N2O.Na/c28-18-10-17-24-19-27(20-26-24)25(21-11-4-1-5-12-21,22-13-6-2-7-14-22)23-15-8-3-9-16-23;/h1-9,11-16,19-20H,10,17-18H2;/q-1;+1. The average Bonchev–Trinajstić information content (AvgIpc) is 3.24. The molecule has 1 aromatic heterocycles. The van der Waals surface area contributed by atoms with Crippen LogP contribution in [0.25, 0.3) is 0 Å². The monoisotopic (exact) mass is 390 g/mol. The van der Waals surface area contributed by atoms with Gasteiger partial charge in [0.15, 0.2) is 0 Å². The van der Waals surface area contributed by atoms with Gasteiger partial charge in [0.25, 0.3) is 0 Å². The Balaban J connectivity index is 0.00000240. The molecule has 0 aliphatic rings. The van der Waals surface area contributed by atoms with E-state index >= 15 is 0 Å². The fraction of sp³-hybridized carbons (Fsp3) is 0.160. The number of rotatable bonds is 7. The summed E-state index contributed by atoms with van der Waals surface area (Å²) in [6.07, 6.45) is 5.28. The number of hydrogen-bond donors (Lipinski definition) is 0. The second-order valence-corrected chi connectivity index (χ2v) is 6.89. The molecule has 29 heavy (non-hydrogen) atoms. The summed E-state index contributed by atoms with van der Waals surface area (Å²) in [7, 11) is 0. The number of nitrogens with zero attached hydrogens (tertiary/aromatic N) is 2. The number of aromatic nitrogens is 2. The molecular formula is C25H23N2NaO. The third-order valence-corrected chi connectivity index (χ3v) is 5.18. The Morgan fingerprint density at radius 1 is 0.724 bits per heavy atom. The van der Waals surface area contributed by atoms with E-state index in [9.17, 15) is 5.11 Å². The first kappa shape index (κ1) is 21.5. The van der Waals surface area contributed by atoms with Crippen molar-refractivity contribution >= 4 is 0 Å². The van der Waals surface area contributed by atoms with Crippen molar-refractivity contribution in [2.24, 2.45) is 0 Å². The number of aryl methyl sites for hydroxylation is 1. The van der Waals surface area contributed by atoms with Crippen LogP contribution in [0.5, 0.6) is 0 Å². The fourth-order valence-electron chi connectivity index (χ4n) is 3.91. The molecule has 0 unspecified atom stereocenters. The van der Waals surface area contributed by atoms with E-state index in [1.165, 1.54) is 16.7 Å². The maximum absolute atomic E-state index is 10.9. The van der Waals surface area contributed by atoms with E-state index in [0.29, 0.717) is 12.8 Å². The van der Waals surface area contributed by atoms with Crippen LogP contribution in [0.3, 0.4) is 0 Å². The molecule has 0 radical (unpaired) electrons. The van der Waals surface area contributed by atoms with Crippen LogP contribution in [0.15, 0.2) is 104 Å². The summed E-state index contributed by atoms with van der Waals surface area (Å²) in [4.78, 5) is 4.62. The van der Waals surface area contributed by atoms with Crippen molar-refractivity contribution in [3.8, 4) is 0 Å². The van der Waals surface area contributed by atoms with Gasteiger partial charge in [0.1, 0.15) is 5.54 Å². The molecule has 4 aromatic rings. The first-order valence-electron chi connectivity index (χ1n) is 9.63. The summed E-state index contributed by atoms with van der Waals surface area (Å²) in [5, 5.41) is 10.9. The minimum absolute atomic E-state index is 0. The van der Waals surface area contributed by atoms with Crippen LogP contribution in [0, 0.1) is 0 Å². The minimum Gasteiger partial charge on any atom is -0.854 e. The Morgan fingerprint density at radius 2 is 1.17 bits per heavy atom. The molecule has 0 aliphatic heterocycles. The molecule has 0 saturated carbocycles. The van der Waals surface area contributed by atoms with Gasteiger partial charge in [0.05, 0.1) is 12.0 Å². The first-order valence-corrected chi connectivity index (χ1v) is 9.63. The molecule has 140 valence electrons. The molecule has 1 heterocycles. The SMILES string of the molecule is [Na+].[O-]CCCc1cn(C(c2ccccc2)(c2ccccc2)c2ccccc2)cn1. The van der Waals surface area contributed by atoms with E-state index in [2.05, 4.69) is 88.5 Å². The molecule has 0 atom stereocenters. The van der Waals surface area contributed by atoms with Crippen molar-refractivity contribution in [2.75, 3.05) is 6.61 Å². The van der Waals surface area contributed by atoms with Crippen LogP contribution in [0.4, 0.5) is 0 Å². The zero-order valence-corrected chi connectivity index (χ0v) is 18.7. The molecule has 4 heteroatoms. The Morgan fingerprint density at radius 3 is 1.59 bits per heavy atom. The topological polar surface area (TPSA) is 40.9 Å². The molecular weight excluding hydrogens is 367 g/mol. The zero-order valence-electron chi connectivity index (χ0n) is 16.7. The molecule has 0 spiro atoms. The van der Waals surface area contributed by atoms with Crippen molar-refractivity contribution in [3.05, 3.63) is 126 Å². The largest absolute Gasteiger partial charge is 1.00 e. The van der Waals surface area contributed by atoms with E-state index in [1.807, 2.05) is 24.5 Å². The number of hydrogen-bond acceptors (Lipinski definition) is 2. The molecule has 0 N–H and O–H groups in total. The molecule has 3 aromatic carbocycles. The van der Waals surface area contributed by atoms with Gasteiger partial charge in [0.2, 0.25) is 0 Å². The van der Waals surface area contributed by atoms with E-state index in [0.717, 1.165) is 5.69 Å². The molecule has 0 saturated heterocycles. The molecule has 0 fully saturated rings. The van der Waals surface area contributed by atoms with Crippen molar-refractivity contribution in [1.29, 1.82) is 0 Å². The van der Waals surface area contributed by atoms with Crippen LogP contribution in [-0.2, 0) is 12.0 Å². The summed E-state index contributed by atoms with van der Waals surface area (Å²) in [6.45, 7) is -0.0753. The van der Waals surface area contributed by atoms with Gasteiger partial charge in [-0.05, 0) is 23.1 Å². The van der Waals surface area contributed by atoms with E-state index in [1.54, 1.807) is 0 Å². The second kappa shape index (κ2) is 10.0. The zero-order chi connectivity index (χ0) is 19.2. The molecule has 3 nitrogen and oxygen atoms in total. The Kier molecular flexibility index (Phi) is 7.45. The normalized spacial score (nSPS) is 11.1. The first-order chi connectivity index (χ1) is 13.9. The molecule has 4 rings (SSSR count). The quantitative estimate of drug-likeness (QED) is 0.349. The van der Waals surface area contributed by atoms with Crippen molar-refractivity contribution in [2.45, 2.75) is 18.4 Å². The molecule has 0 bridgehead atoms. The number of imidazole rings is 1. The maximum Gasteiger partial charge on any atom is 1.00 e. The Bertz CT molecular complexity index is 904. The van der Waals surface area contributed by atoms with E-state index in [-0.39, 0.29) is 36.2 Å². The van der Waals surface area contributed by atoms with Crippen molar-refractivity contribution < 1.29 is 34.7 Å². The van der Waals surface area contributed by atoms with Gasteiger partial charge in [-0.15, -0.1) is 6.61 Å². The van der Waals surface area contributed by atoms with Gasteiger partial charge in [-0.3, -0.25) is 0 Å². The van der Waals surface area contributed by atoms with Crippen LogP contribution < -0.4 is 34.7 Å². The van der Waals surface area contributed by atoms with Gasteiger partial charge in [0, 0.05) is 6.20 Å². The third-order valence-electron chi connectivity index (χ3n) is 5.18. The van der Waals surface area contributed by atoms with Gasteiger partial charge in [-0.2, -0.15) is 0 Å². The Hall–Kier alpha value is -2.17. The van der Waals surface area contributed by atoms with Crippen LogP contribution in [-0.4, -0.2) is 16.2 Å². The van der Waals surface area contributed by atoms with Crippen LogP contribution in [0.1, 0.15) is 28.8 Å². The predicted molar refractivity (Wildman–Crippen MR) is 110 cm³/mol. The Labute approximate surface area is 194 Å².